The summed E-state index contributed by atoms with van der Waals surface area (Å²) in [6.07, 6.45) is -0.564. The normalized spacial score (nSPS) is 16.6. The van der Waals surface area contributed by atoms with Crippen LogP contribution in [0.3, 0.4) is 0 Å². The first kappa shape index (κ1) is 16.3. The predicted molar refractivity (Wildman–Crippen MR) is 76.2 cm³/mol. The smallest absolute Gasteiger partial charge is 0.417 e. The SMILES string of the molecule is [N-]=[N+]=CC(=O)C(=O)C1CCC(=O)N1C(=O)OCc1ccccc1. The molecule has 8 heteroatoms. The van der Waals surface area contributed by atoms with Gasteiger partial charge in [0.05, 0.1) is 0 Å². The lowest BCUT2D eigenvalue weighted by Gasteiger charge is -2.20. The number of hydrogen-bond acceptors (Lipinski definition) is 5. The summed E-state index contributed by atoms with van der Waals surface area (Å²) in [5.74, 6) is -2.67. The molecular formula is C15H13N3O5. The number of rotatable bonds is 5. The standard InChI is InChI=1S/C15H13N3O5/c16-17-8-12(19)14(21)11-6-7-13(20)18(11)15(22)23-9-10-4-2-1-3-5-10/h1-5,8,11H,6-7,9H2. The van der Waals surface area contributed by atoms with Gasteiger partial charge in [0, 0.05) is 6.42 Å². The maximum atomic E-state index is 12.1. The van der Waals surface area contributed by atoms with Gasteiger partial charge >= 0.3 is 18.1 Å². The summed E-state index contributed by atoms with van der Waals surface area (Å²) in [6, 6.07) is 7.59. The zero-order chi connectivity index (χ0) is 16.8. The number of ketones is 2. The van der Waals surface area contributed by atoms with Gasteiger partial charge in [0.1, 0.15) is 12.6 Å². The molecule has 1 atom stereocenters. The lowest BCUT2D eigenvalue weighted by atomic mass is 10.1. The Hall–Kier alpha value is -3.12. The molecule has 1 fully saturated rings. The van der Waals surface area contributed by atoms with Crippen molar-refractivity contribution in [2.75, 3.05) is 0 Å². The first-order valence-corrected chi connectivity index (χ1v) is 6.83. The number of hydrogen-bond donors (Lipinski definition) is 0. The van der Waals surface area contributed by atoms with Gasteiger partial charge in [-0.15, -0.1) is 0 Å². The molecule has 2 rings (SSSR count). The van der Waals surface area contributed by atoms with E-state index >= 15 is 0 Å². The topological polar surface area (TPSA) is 117 Å². The Labute approximate surface area is 131 Å². The highest BCUT2D eigenvalue weighted by Crippen LogP contribution is 2.21. The Bertz CT molecular complexity index is 694. The molecule has 1 unspecified atom stereocenters. The van der Waals surface area contributed by atoms with Crippen LogP contribution in [0.15, 0.2) is 30.3 Å². The minimum absolute atomic E-state index is 0.0309. The van der Waals surface area contributed by atoms with E-state index in [4.69, 9.17) is 10.3 Å². The second kappa shape index (κ2) is 7.24. The Morgan fingerprint density at radius 2 is 2.00 bits per heavy atom. The summed E-state index contributed by atoms with van der Waals surface area (Å²) in [6.45, 7) is -0.0591. The summed E-state index contributed by atoms with van der Waals surface area (Å²) < 4.78 is 5.02. The van der Waals surface area contributed by atoms with E-state index in [-0.39, 0.29) is 19.4 Å². The second-order valence-electron chi connectivity index (χ2n) is 4.83. The number of amides is 2. The summed E-state index contributed by atoms with van der Waals surface area (Å²) in [4.78, 5) is 50.3. The number of ether oxygens (including phenoxy) is 1. The Kier molecular flexibility index (Phi) is 5.11. The Morgan fingerprint density at radius 3 is 2.65 bits per heavy atom. The van der Waals surface area contributed by atoms with Crippen molar-refractivity contribution in [2.45, 2.75) is 25.5 Å². The molecule has 1 saturated heterocycles. The van der Waals surface area contributed by atoms with Crippen LogP contribution in [0, 0.1) is 0 Å². The van der Waals surface area contributed by atoms with E-state index in [1.807, 2.05) is 0 Å². The molecule has 1 heterocycles. The van der Waals surface area contributed by atoms with Gasteiger partial charge in [-0.1, -0.05) is 30.3 Å². The lowest BCUT2D eigenvalue weighted by molar-refractivity contribution is -0.139. The summed E-state index contributed by atoms with van der Waals surface area (Å²) in [5, 5.41) is 0. The molecule has 0 aromatic heterocycles. The van der Waals surface area contributed by atoms with E-state index in [0.29, 0.717) is 11.1 Å². The van der Waals surface area contributed by atoms with Crippen molar-refractivity contribution in [3.05, 3.63) is 41.4 Å². The van der Waals surface area contributed by atoms with Crippen LogP contribution in [0.5, 0.6) is 0 Å². The fourth-order valence-corrected chi connectivity index (χ4v) is 2.23. The van der Waals surface area contributed by atoms with Crippen LogP contribution in [-0.4, -0.2) is 45.5 Å². The van der Waals surface area contributed by atoms with E-state index in [1.54, 1.807) is 30.3 Å². The van der Waals surface area contributed by atoms with E-state index in [2.05, 4.69) is 4.79 Å². The van der Waals surface area contributed by atoms with Crippen LogP contribution in [0.4, 0.5) is 4.79 Å². The number of carbonyl (C=O) groups excluding carboxylic acids is 4. The lowest BCUT2D eigenvalue weighted by Crippen LogP contribution is -2.45. The van der Waals surface area contributed by atoms with Crippen LogP contribution >= 0.6 is 0 Å². The van der Waals surface area contributed by atoms with Gasteiger partial charge in [0.2, 0.25) is 11.7 Å². The molecule has 2 amide bonds. The molecule has 23 heavy (non-hydrogen) atoms. The van der Waals surface area contributed by atoms with Crippen molar-refractivity contribution >= 4 is 29.8 Å². The monoisotopic (exact) mass is 315 g/mol. The van der Waals surface area contributed by atoms with Crippen molar-refractivity contribution < 1.29 is 28.7 Å². The van der Waals surface area contributed by atoms with Crippen LogP contribution < -0.4 is 0 Å². The molecule has 0 N–H and O–H groups in total. The van der Waals surface area contributed by atoms with Crippen molar-refractivity contribution in [3.8, 4) is 0 Å². The van der Waals surface area contributed by atoms with Crippen molar-refractivity contribution in [1.29, 1.82) is 0 Å². The van der Waals surface area contributed by atoms with E-state index in [9.17, 15) is 19.2 Å². The fraction of sp³-hybridized carbons (Fsp3) is 0.267. The summed E-state index contributed by atoms with van der Waals surface area (Å²) >= 11 is 0. The van der Waals surface area contributed by atoms with Gasteiger partial charge in [-0.05, 0) is 12.0 Å². The van der Waals surface area contributed by atoms with Gasteiger partial charge in [0.15, 0.2) is 0 Å². The van der Waals surface area contributed by atoms with Crippen LogP contribution in [0.1, 0.15) is 18.4 Å². The summed E-state index contributed by atoms with van der Waals surface area (Å²) in [7, 11) is 0. The molecule has 1 aliphatic heterocycles. The third kappa shape index (κ3) is 3.75. The highest BCUT2D eigenvalue weighted by Gasteiger charge is 2.43. The average Bonchev–Trinajstić information content (AvgIpc) is 2.94. The molecule has 0 radical (unpaired) electrons. The second-order valence-corrected chi connectivity index (χ2v) is 4.83. The number of benzene rings is 1. The van der Waals surface area contributed by atoms with Gasteiger partial charge in [0.25, 0.3) is 0 Å². The number of Topliss-reactive ketones (excluding diaryl/α,β-unsaturated/α-hetero) is 2. The highest BCUT2D eigenvalue weighted by molar-refractivity contribution is 6.59. The van der Waals surface area contributed by atoms with E-state index < -0.39 is 29.6 Å². The van der Waals surface area contributed by atoms with E-state index in [0.717, 1.165) is 5.56 Å². The van der Waals surface area contributed by atoms with E-state index in [1.165, 1.54) is 0 Å². The molecular weight excluding hydrogens is 302 g/mol. The average molecular weight is 315 g/mol. The molecule has 0 saturated carbocycles. The minimum Gasteiger partial charge on any atom is -0.444 e. The van der Waals surface area contributed by atoms with Gasteiger partial charge < -0.3 is 10.3 Å². The van der Waals surface area contributed by atoms with Crippen molar-refractivity contribution in [2.24, 2.45) is 0 Å². The maximum absolute atomic E-state index is 12.1. The third-order valence-electron chi connectivity index (χ3n) is 3.33. The van der Waals surface area contributed by atoms with Crippen LogP contribution in [0.25, 0.3) is 5.53 Å². The molecule has 1 aromatic carbocycles. The quantitative estimate of drug-likeness (QED) is 0.344. The first-order chi connectivity index (χ1) is 11.0. The molecule has 0 spiro atoms. The number of likely N-dealkylation sites (tertiary alicyclic amines) is 1. The number of imide groups is 1. The summed E-state index contributed by atoms with van der Waals surface area (Å²) in [5.41, 5.74) is 9.01. The highest BCUT2D eigenvalue weighted by atomic mass is 16.6. The maximum Gasteiger partial charge on any atom is 0.417 e. The Balaban J connectivity index is 2.06. The number of carbonyl (C=O) groups is 4. The molecule has 1 aliphatic rings. The Morgan fingerprint density at radius 1 is 1.30 bits per heavy atom. The molecule has 0 bridgehead atoms. The molecule has 0 aliphatic carbocycles. The zero-order valence-electron chi connectivity index (χ0n) is 12.0. The molecule has 1 aromatic rings. The van der Waals surface area contributed by atoms with Gasteiger partial charge in [-0.3, -0.25) is 14.4 Å². The van der Waals surface area contributed by atoms with Crippen LogP contribution in [0.2, 0.25) is 0 Å². The fourth-order valence-electron chi connectivity index (χ4n) is 2.23. The first-order valence-electron chi connectivity index (χ1n) is 6.83. The van der Waals surface area contributed by atoms with Gasteiger partial charge in [-0.2, -0.15) is 4.79 Å². The van der Waals surface area contributed by atoms with Gasteiger partial charge in [-0.25, -0.2) is 9.69 Å². The molecule has 118 valence electrons. The predicted octanol–water partition coefficient (Wildman–Crippen LogP) is 0.753. The largest absolute Gasteiger partial charge is 0.444 e. The zero-order valence-corrected chi connectivity index (χ0v) is 12.0. The molecule has 8 nitrogen and oxygen atoms in total. The van der Waals surface area contributed by atoms with Crippen molar-refractivity contribution in [1.82, 2.24) is 4.90 Å². The van der Waals surface area contributed by atoms with Crippen molar-refractivity contribution in [3.63, 3.8) is 0 Å². The minimum atomic E-state index is -1.23. The third-order valence-corrected chi connectivity index (χ3v) is 3.33. The number of nitrogens with zero attached hydrogens (tertiary/aromatic N) is 3. The van der Waals surface area contributed by atoms with Crippen LogP contribution in [-0.2, 0) is 25.7 Å².